The van der Waals surface area contributed by atoms with E-state index in [9.17, 15) is 18.0 Å². The van der Waals surface area contributed by atoms with Crippen molar-refractivity contribution in [1.29, 1.82) is 0 Å². The van der Waals surface area contributed by atoms with Crippen LogP contribution in [0.1, 0.15) is 33.3 Å². The fourth-order valence-electron chi connectivity index (χ4n) is 3.33. The van der Waals surface area contributed by atoms with Crippen molar-refractivity contribution in [3.63, 3.8) is 0 Å². The lowest BCUT2D eigenvalue weighted by molar-refractivity contribution is -0.139. The Balaban J connectivity index is 2.36. The maximum atomic E-state index is 13.5. The molecule has 192 valence electrons. The summed E-state index contributed by atoms with van der Waals surface area (Å²) >= 11 is 6.32. The second-order valence-electron chi connectivity index (χ2n) is 8.62. The third-order valence-electron chi connectivity index (χ3n) is 5.27. The predicted molar refractivity (Wildman–Crippen MR) is 139 cm³/mol. The number of sulfonamides is 1. The van der Waals surface area contributed by atoms with E-state index >= 15 is 0 Å². The highest BCUT2D eigenvalue weighted by Crippen LogP contribution is 2.23. The summed E-state index contributed by atoms with van der Waals surface area (Å²) in [4.78, 5) is 27.7. The number of halogens is 1. The molecule has 0 unspecified atom stereocenters. The van der Waals surface area contributed by atoms with Gasteiger partial charge in [0.1, 0.15) is 18.3 Å². The van der Waals surface area contributed by atoms with Crippen LogP contribution >= 0.6 is 11.6 Å². The number of rotatable bonds is 12. The summed E-state index contributed by atoms with van der Waals surface area (Å²) in [6.07, 6.45) is 1.04. The van der Waals surface area contributed by atoms with Crippen molar-refractivity contribution < 1.29 is 22.7 Å². The van der Waals surface area contributed by atoms with Crippen molar-refractivity contribution in [2.45, 2.75) is 40.3 Å². The largest absolute Gasteiger partial charge is 0.494 e. The lowest BCUT2D eigenvalue weighted by atomic mass is 10.1. The first-order valence-corrected chi connectivity index (χ1v) is 13.7. The van der Waals surface area contributed by atoms with Gasteiger partial charge in [-0.25, -0.2) is 8.42 Å². The highest BCUT2D eigenvalue weighted by atomic mass is 35.5. The van der Waals surface area contributed by atoms with Crippen molar-refractivity contribution >= 4 is 39.1 Å². The van der Waals surface area contributed by atoms with Gasteiger partial charge in [0, 0.05) is 18.1 Å². The SMILES string of the molecule is CCOc1ccc(N(CC(=O)N(Cc2ccccc2Cl)[C@@H](C)C(=O)NCC(C)C)S(C)(=O)=O)cc1. The van der Waals surface area contributed by atoms with Crippen LogP contribution in [0, 0.1) is 5.92 Å². The van der Waals surface area contributed by atoms with E-state index < -0.39 is 28.5 Å². The zero-order valence-electron chi connectivity index (χ0n) is 20.8. The Hall–Kier alpha value is -2.78. The molecule has 2 amide bonds. The second-order valence-corrected chi connectivity index (χ2v) is 10.9. The molecule has 2 rings (SSSR count). The van der Waals surface area contributed by atoms with Crippen LogP contribution in [0.2, 0.25) is 5.02 Å². The number of carbonyl (C=O) groups is 2. The number of amides is 2. The van der Waals surface area contributed by atoms with Gasteiger partial charge in [-0.15, -0.1) is 0 Å². The number of hydrogen-bond acceptors (Lipinski definition) is 5. The maximum Gasteiger partial charge on any atom is 0.244 e. The number of carbonyl (C=O) groups excluding carboxylic acids is 2. The van der Waals surface area contributed by atoms with Crippen LogP contribution in [0.4, 0.5) is 5.69 Å². The van der Waals surface area contributed by atoms with Crippen LogP contribution in [0.5, 0.6) is 5.75 Å². The number of benzene rings is 2. The summed E-state index contributed by atoms with van der Waals surface area (Å²) in [7, 11) is -3.80. The quantitative estimate of drug-likeness (QED) is 0.457. The molecule has 10 heteroatoms. The molecule has 0 aromatic heterocycles. The molecule has 2 aromatic rings. The van der Waals surface area contributed by atoms with Gasteiger partial charge >= 0.3 is 0 Å². The monoisotopic (exact) mass is 523 g/mol. The van der Waals surface area contributed by atoms with Gasteiger partial charge in [0.05, 0.1) is 18.6 Å². The number of anilines is 1. The average Bonchev–Trinajstić information content (AvgIpc) is 2.80. The van der Waals surface area contributed by atoms with E-state index in [-0.39, 0.29) is 18.4 Å². The third kappa shape index (κ3) is 8.43. The van der Waals surface area contributed by atoms with Gasteiger partial charge in [0.25, 0.3) is 0 Å². The Morgan fingerprint density at radius 1 is 1.06 bits per heavy atom. The van der Waals surface area contributed by atoms with Crippen molar-refractivity contribution in [3.05, 3.63) is 59.1 Å². The molecule has 1 N–H and O–H groups in total. The summed E-state index contributed by atoms with van der Waals surface area (Å²) in [6, 6.07) is 12.6. The zero-order valence-corrected chi connectivity index (χ0v) is 22.4. The molecule has 0 saturated carbocycles. The molecule has 35 heavy (non-hydrogen) atoms. The van der Waals surface area contributed by atoms with E-state index in [1.54, 1.807) is 55.5 Å². The maximum absolute atomic E-state index is 13.5. The van der Waals surface area contributed by atoms with Gasteiger partial charge in [-0.3, -0.25) is 13.9 Å². The minimum atomic E-state index is -3.80. The van der Waals surface area contributed by atoms with Gasteiger partial charge in [-0.05, 0) is 55.7 Å². The predicted octanol–water partition coefficient (Wildman–Crippen LogP) is 3.69. The Bertz CT molecular complexity index is 1110. The molecule has 0 bridgehead atoms. The van der Waals surface area contributed by atoms with E-state index in [2.05, 4.69) is 5.32 Å². The van der Waals surface area contributed by atoms with Crippen molar-refractivity contribution in [1.82, 2.24) is 10.2 Å². The molecule has 0 radical (unpaired) electrons. The molecule has 1 atom stereocenters. The first kappa shape index (κ1) is 28.5. The van der Waals surface area contributed by atoms with Gasteiger partial charge in [0.2, 0.25) is 21.8 Å². The Morgan fingerprint density at radius 2 is 1.69 bits per heavy atom. The Labute approximate surface area is 213 Å². The van der Waals surface area contributed by atoms with E-state index in [0.717, 1.165) is 10.6 Å². The summed E-state index contributed by atoms with van der Waals surface area (Å²) in [5.41, 5.74) is 0.969. The molecule has 0 fully saturated rings. The van der Waals surface area contributed by atoms with Crippen LogP contribution in [0.3, 0.4) is 0 Å². The first-order chi connectivity index (χ1) is 16.4. The minimum absolute atomic E-state index is 0.0512. The normalized spacial score (nSPS) is 12.2. The van der Waals surface area contributed by atoms with Crippen molar-refractivity contribution in [3.8, 4) is 5.75 Å². The highest BCUT2D eigenvalue weighted by Gasteiger charge is 2.30. The smallest absolute Gasteiger partial charge is 0.244 e. The van der Waals surface area contributed by atoms with E-state index in [0.29, 0.717) is 35.2 Å². The first-order valence-electron chi connectivity index (χ1n) is 11.4. The number of ether oxygens (including phenoxy) is 1. The number of nitrogens with one attached hydrogen (secondary N) is 1. The standard InChI is InChI=1S/C25H34ClN3O5S/c1-6-34-22-13-11-21(12-14-22)29(35(5,32)33)17-24(30)28(16-20-9-7-8-10-23(20)26)19(4)25(31)27-15-18(2)3/h7-14,18-19H,6,15-17H2,1-5H3,(H,27,31)/t19-/m0/s1. The van der Waals surface area contributed by atoms with Gasteiger partial charge in [-0.2, -0.15) is 0 Å². The molecule has 0 heterocycles. The molecular weight excluding hydrogens is 490 g/mol. The number of nitrogens with zero attached hydrogens (tertiary/aromatic N) is 2. The van der Waals surface area contributed by atoms with Crippen LogP contribution in [-0.2, 0) is 26.2 Å². The second kappa shape index (κ2) is 12.8. The molecule has 0 aliphatic carbocycles. The fourth-order valence-corrected chi connectivity index (χ4v) is 4.38. The molecule has 8 nitrogen and oxygen atoms in total. The van der Waals surface area contributed by atoms with Crippen molar-refractivity contribution in [2.75, 3.05) is 30.3 Å². The third-order valence-corrected chi connectivity index (χ3v) is 6.77. The average molecular weight is 524 g/mol. The van der Waals surface area contributed by atoms with E-state index in [1.807, 2.05) is 20.8 Å². The van der Waals surface area contributed by atoms with Crippen LogP contribution < -0.4 is 14.4 Å². The van der Waals surface area contributed by atoms with Crippen LogP contribution in [0.15, 0.2) is 48.5 Å². The number of hydrogen-bond donors (Lipinski definition) is 1. The zero-order chi connectivity index (χ0) is 26.2. The van der Waals surface area contributed by atoms with E-state index in [4.69, 9.17) is 16.3 Å². The van der Waals surface area contributed by atoms with Crippen LogP contribution in [0.25, 0.3) is 0 Å². The summed E-state index contributed by atoms with van der Waals surface area (Å²) < 4.78 is 31.7. The molecule has 0 saturated heterocycles. The van der Waals surface area contributed by atoms with E-state index in [1.165, 1.54) is 4.90 Å². The summed E-state index contributed by atoms with van der Waals surface area (Å²) in [5.74, 6) is -0.0337. The molecule has 0 aliphatic heterocycles. The molecule has 0 aliphatic rings. The van der Waals surface area contributed by atoms with Crippen LogP contribution in [-0.4, -0.2) is 57.1 Å². The molecule has 0 spiro atoms. The molecular formula is C25H34ClN3O5S. The molecule has 2 aromatic carbocycles. The van der Waals surface area contributed by atoms with Gasteiger partial charge in [-0.1, -0.05) is 43.6 Å². The van der Waals surface area contributed by atoms with Gasteiger partial charge in [0.15, 0.2) is 0 Å². The fraction of sp³-hybridized carbons (Fsp3) is 0.440. The Kier molecular flexibility index (Phi) is 10.4. The summed E-state index contributed by atoms with van der Waals surface area (Å²) in [5, 5.41) is 3.29. The lowest BCUT2D eigenvalue weighted by Crippen LogP contribution is -2.51. The van der Waals surface area contributed by atoms with Crippen molar-refractivity contribution in [2.24, 2.45) is 5.92 Å². The highest BCUT2D eigenvalue weighted by molar-refractivity contribution is 7.92. The van der Waals surface area contributed by atoms with Gasteiger partial charge < -0.3 is 15.0 Å². The lowest BCUT2D eigenvalue weighted by Gasteiger charge is -2.31. The minimum Gasteiger partial charge on any atom is -0.494 e. The topological polar surface area (TPSA) is 96.0 Å². The Morgan fingerprint density at radius 3 is 2.23 bits per heavy atom. The summed E-state index contributed by atoms with van der Waals surface area (Å²) in [6.45, 7) is 7.92.